The van der Waals surface area contributed by atoms with Crippen molar-refractivity contribution < 1.29 is 28.8 Å². The van der Waals surface area contributed by atoms with Crippen LogP contribution in [0.5, 0.6) is 5.75 Å². The highest BCUT2D eigenvalue weighted by atomic mass is 16.6. The molecule has 0 atom stereocenters. The van der Waals surface area contributed by atoms with E-state index in [1.54, 1.807) is 26.0 Å². The number of rotatable bonds is 6. The van der Waals surface area contributed by atoms with Crippen molar-refractivity contribution >= 4 is 23.4 Å². The lowest BCUT2D eigenvalue weighted by molar-refractivity contribution is -0.384. The number of benzene rings is 2. The summed E-state index contributed by atoms with van der Waals surface area (Å²) >= 11 is 0. The average Bonchev–Trinajstić information content (AvgIpc) is 2.67. The number of nitro groups is 1. The molecular formula is C19H17NO7. The van der Waals surface area contributed by atoms with E-state index in [4.69, 9.17) is 4.74 Å². The molecular weight excluding hydrogens is 354 g/mol. The van der Waals surface area contributed by atoms with E-state index in [-0.39, 0.29) is 34.6 Å². The molecule has 0 N–H and O–H groups in total. The molecule has 0 aliphatic rings. The number of esters is 2. The molecule has 0 fully saturated rings. The number of carbonyl (C=O) groups excluding carboxylic acids is 3. The van der Waals surface area contributed by atoms with Crippen molar-refractivity contribution in [2.45, 2.75) is 20.3 Å². The third-order valence-corrected chi connectivity index (χ3v) is 3.74. The summed E-state index contributed by atoms with van der Waals surface area (Å²) in [5.74, 6) is -1.93. The Labute approximate surface area is 154 Å². The van der Waals surface area contributed by atoms with Gasteiger partial charge in [-0.15, -0.1) is 0 Å². The van der Waals surface area contributed by atoms with E-state index in [1.807, 2.05) is 0 Å². The second-order valence-electron chi connectivity index (χ2n) is 5.68. The van der Waals surface area contributed by atoms with Gasteiger partial charge in [0.1, 0.15) is 5.75 Å². The topological polar surface area (TPSA) is 113 Å². The maximum atomic E-state index is 12.5. The van der Waals surface area contributed by atoms with Gasteiger partial charge in [-0.2, -0.15) is 0 Å². The Morgan fingerprint density at radius 2 is 1.67 bits per heavy atom. The number of nitrogens with zero attached hydrogens (tertiary/aromatic N) is 1. The Balaban J connectivity index is 2.44. The summed E-state index contributed by atoms with van der Waals surface area (Å²) in [7, 11) is 1.12. The third kappa shape index (κ3) is 4.55. The van der Waals surface area contributed by atoms with Gasteiger partial charge >= 0.3 is 11.9 Å². The van der Waals surface area contributed by atoms with Gasteiger partial charge in [0.25, 0.3) is 5.69 Å². The SMILES string of the molecule is CCC(=O)c1cc(C)ccc1OC(=O)c1cc(C(=O)OC)cc([N+](=O)[O-])c1. The summed E-state index contributed by atoms with van der Waals surface area (Å²) in [6.07, 6.45) is 0.220. The molecule has 0 unspecified atom stereocenters. The molecule has 27 heavy (non-hydrogen) atoms. The Bertz CT molecular complexity index is 934. The van der Waals surface area contributed by atoms with Gasteiger partial charge in [-0.3, -0.25) is 14.9 Å². The lowest BCUT2D eigenvalue weighted by atomic mass is 10.0. The summed E-state index contributed by atoms with van der Waals surface area (Å²) in [6.45, 7) is 3.47. The molecule has 2 rings (SSSR count). The summed E-state index contributed by atoms with van der Waals surface area (Å²) in [5, 5.41) is 11.1. The number of hydrogen-bond acceptors (Lipinski definition) is 7. The number of aryl methyl sites for hydroxylation is 1. The fourth-order valence-electron chi connectivity index (χ4n) is 2.37. The van der Waals surface area contributed by atoms with Gasteiger partial charge in [0.15, 0.2) is 5.78 Å². The molecule has 2 aromatic rings. The van der Waals surface area contributed by atoms with E-state index in [0.717, 1.165) is 30.9 Å². The van der Waals surface area contributed by atoms with Gasteiger partial charge < -0.3 is 9.47 Å². The molecule has 0 spiro atoms. The molecule has 0 saturated carbocycles. The Hall–Kier alpha value is -3.55. The number of non-ortho nitro benzene ring substituents is 1. The predicted octanol–water partition coefficient (Wildman–Crippen LogP) is 3.50. The fraction of sp³-hybridized carbons (Fsp3) is 0.211. The van der Waals surface area contributed by atoms with Crippen LogP contribution in [0.2, 0.25) is 0 Å². The molecule has 0 aliphatic carbocycles. The third-order valence-electron chi connectivity index (χ3n) is 3.74. The van der Waals surface area contributed by atoms with E-state index >= 15 is 0 Å². The van der Waals surface area contributed by atoms with Gasteiger partial charge in [0.2, 0.25) is 0 Å². The lowest BCUT2D eigenvalue weighted by Gasteiger charge is -2.10. The molecule has 8 heteroatoms. The number of hydrogen-bond donors (Lipinski definition) is 0. The van der Waals surface area contributed by atoms with Crippen LogP contribution in [-0.4, -0.2) is 29.8 Å². The summed E-state index contributed by atoms with van der Waals surface area (Å²) < 4.78 is 9.82. The van der Waals surface area contributed by atoms with Crippen molar-refractivity contribution in [3.63, 3.8) is 0 Å². The van der Waals surface area contributed by atoms with Crippen LogP contribution in [0.3, 0.4) is 0 Å². The Morgan fingerprint density at radius 1 is 1.04 bits per heavy atom. The summed E-state index contributed by atoms with van der Waals surface area (Å²) in [4.78, 5) is 46.6. The van der Waals surface area contributed by atoms with Gasteiger partial charge in [0.05, 0.1) is 28.7 Å². The number of ether oxygens (including phenoxy) is 2. The molecule has 8 nitrogen and oxygen atoms in total. The lowest BCUT2D eigenvalue weighted by Crippen LogP contribution is -2.13. The first-order valence-electron chi connectivity index (χ1n) is 8.00. The zero-order valence-corrected chi connectivity index (χ0v) is 15.0. The largest absolute Gasteiger partial charge is 0.465 e. The highest BCUT2D eigenvalue weighted by Gasteiger charge is 2.21. The Morgan fingerprint density at radius 3 is 2.22 bits per heavy atom. The maximum absolute atomic E-state index is 12.5. The van der Waals surface area contributed by atoms with Crippen LogP contribution in [0.1, 0.15) is 50.0 Å². The number of nitro benzene ring substituents is 1. The van der Waals surface area contributed by atoms with Crippen molar-refractivity contribution in [2.75, 3.05) is 7.11 Å². The van der Waals surface area contributed by atoms with Gasteiger partial charge in [-0.25, -0.2) is 9.59 Å². The monoisotopic (exact) mass is 371 g/mol. The van der Waals surface area contributed by atoms with Crippen LogP contribution in [0, 0.1) is 17.0 Å². The van der Waals surface area contributed by atoms with Crippen molar-refractivity contribution in [3.8, 4) is 5.75 Å². The highest BCUT2D eigenvalue weighted by molar-refractivity contribution is 6.01. The molecule has 0 aliphatic heterocycles. The fourth-order valence-corrected chi connectivity index (χ4v) is 2.37. The van der Waals surface area contributed by atoms with E-state index in [0.29, 0.717) is 0 Å². The predicted molar refractivity (Wildman–Crippen MR) is 95.2 cm³/mol. The number of ketones is 1. The van der Waals surface area contributed by atoms with Crippen molar-refractivity contribution in [1.82, 2.24) is 0 Å². The minimum atomic E-state index is -0.933. The van der Waals surface area contributed by atoms with Crippen LogP contribution in [0.4, 0.5) is 5.69 Å². The van der Waals surface area contributed by atoms with Crippen LogP contribution >= 0.6 is 0 Å². The van der Waals surface area contributed by atoms with Crippen molar-refractivity contribution in [1.29, 1.82) is 0 Å². The average molecular weight is 371 g/mol. The smallest absolute Gasteiger partial charge is 0.343 e. The van der Waals surface area contributed by atoms with Gasteiger partial charge in [0, 0.05) is 18.6 Å². The molecule has 0 bridgehead atoms. The first kappa shape index (κ1) is 19.8. The standard InChI is InChI=1S/C19H17NO7/c1-4-16(21)15-7-11(2)5-6-17(15)27-19(23)13-8-12(18(22)26-3)9-14(10-13)20(24)25/h5-10H,4H2,1-3H3. The van der Waals surface area contributed by atoms with E-state index in [1.165, 1.54) is 6.07 Å². The molecule has 0 radical (unpaired) electrons. The number of carbonyl (C=O) groups is 3. The molecule has 0 amide bonds. The van der Waals surface area contributed by atoms with Crippen LogP contribution < -0.4 is 4.74 Å². The normalized spacial score (nSPS) is 10.2. The van der Waals surface area contributed by atoms with Crippen molar-refractivity contribution in [3.05, 3.63) is 68.8 Å². The maximum Gasteiger partial charge on any atom is 0.343 e. The number of Topliss-reactive ketones (excluding diaryl/α,β-unsaturated/α-hetero) is 1. The molecule has 0 aromatic heterocycles. The quantitative estimate of drug-likeness (QED) is 0.251. The van der Waals surface area contributed by atoms with Gasteiger partial charge in [-0.1, -0.05) is 18.6 Å². The minimum Gasteiger partial charge on any atom is -0.465 e. The van der Waals surface area contributed by atoms with Crippen LogP contribution in [0.25, 0.3) is 0 Å². The van der Waals surface area contributed by atoms with E-state index in [9.17, 15) is 24.5 Å². The Kier molecular flexibility index (Phi) is 6.02. The molecule has 140 valence electrons. The van der Waals surface area contributed by atoms with E-state index < -0.39 is 22.5 Å². The van der Waals surface area contributed by atoms with Crippen LogP contribution in [0.15, 0.2) is 36.4 Å². The van der Waals surface area contributed by atoms with Crippen LogP contribution in [-0.2, 0) is 4.74 Å². The number of methoxy groups -OCH3 is 1. The zero-order valence-electron chi connectivity index (χ0n) is 15.0. The molecule has 0 saturated heterocycles. The molecule has 2 aromatic carbocycles. The first-order valence-corrected chi connectivity index (χ1v) is 8.00. The van der Waals surface area contributed by atoms with E-state index in [2.05, 4.69) is 4.74 Å². The summed E-state index contributed by atoms with van der Waals surface area (Å²) in [5.41, 5.74) is 0.227. The first-order chi connectivity index (χ1) is 12.8. The minimum absolute atomic E-state index is 0.0450. The highest BCUT2D eigenvalue weighted by Crippen LogP contribution is 2.24. The molecule has 0 heterocycles. The second-order valence-corrected chi connectivity index (χ2v) is 5.68. The zero-order chi connectivity index (χ0) is 20.1. The van der Waals surface area contributed by atoms with Gasteiger partial charge in [-0.05, 0) is 25.1 Å². The summed E-state index contributed by atoms with van der Waals surface area (Å²) in [6, 6.07) is 7.88. The second kappa shape index (κ2) is 8.22. The van der Waals surface area contributed by atoms with Crippen molar-refractivity contribution in [2.24, 2.45) is 0 Å².